The zero-order chi connectivity index (χ0) is 11.5. The Morgan fingerprint density at radius 2 is 2.00 bits per heavy atom. The molecule has 0 atom stereocenters. The van der Waals surface area contributed by atoms with E-state index in [-0.39, 0.29) is 12.2 Å². The average Bonchev–Trinajstić information content (AvgIpc) is 2.27. The van der Waals surface area contributed by atoms with Gasteiger partial charge in [-0.3, -0.25) is 14.6 Å². The summed E-state index contributed by atoms with van der Waals surface area (Å²) < 4.78 is 0. The number of rotatable bonds is 3. The van der Waals surface area contributed by atoms with Gasteiger partial charge in [0.15, 0.2) is 5.78 Å². The highest BCUT2D eigenvalue weighted by Gasteiger charge is 2.09. The number of carbonyl (C=O) groups is 2. The number of carbonyl (C=O) groups excluding carboxylic acids is 2. The van der Waals surface area contributed by atoms with Gasteiger partial charge in [0.05, 0.1) is 11.9 Å². The van der Waals surface area contributed by atoms with Crippen LogP contribution >= 0.6 is 0 Å². The molecule has 0 unspecified atom stereocenters. The van der Waals surface area contributed by atoms with Crippen LogP contribution in [0.4, 0.5) is 0 Å². The second-order valence-electron chi connectivity index (χ2n) is 3.48. The monoisotopic (exact) mass is 214 g/mol. The highest BCUT2D eigenvalue weighted by molar-refractivity contribution is 6.07. The summed E-state index contributed by atoms with van der Waals surface area (Å²) >= 11 is 0. The van der Waals surface area contributed by atoms with Crippen LogP contribution < -0.4 is 5.73 Å². The number of para-hydroxylation sites is 1. The Morgan fingerprint density at radius 3 is 2.75 bits per heavy atom. The Kier molecular flexibility index (Phi) is 2.64. The van der Waals surface area contributed by atoms with Crippen LogP contribution in [-0.4, -0.2) is 16.7 Å². The topological polar surface area (TPSA) is 73.1 Å². The lowest BCUT2D eigenvalue weighted by molar-refractivity contribution is -0.117. The van der Waals surface area contributed by atoms with E-state index in [0.717, 1.165) is 10.9 Å². The molecule has 4 nitrogen and oxygen atoms in total. The van der Waals surface area contributed by atoms with E-state index in [1.165, 1.54) is 6.20 Å². The summed E-state index contributed by atoms with van der Waals surface area (Å²) in [4.78, 5) is 26.3. The fourth-order valence-electron chi connectivity index (χ4n) is 1.48. The maximum atomic E-state index is 11.6. The molecule has 0 bridgehead atoms. The third-order valence-electron chi connectivity index (χ3n) is 2.25. The van der Waals surface area contributed by atoms with Crippen molar-refractivity contribution in [1.82, 2.24) is 4.98 Å². The van der Waals surface area contributed by atoms with Gasteiger partial charge < -0.3 is 5.73 Å². The smallest absolute Gasteiger partial charge is 0.225 e. The summed E-state index contributed by atoms with van der Waals surface area (Å²) in [6.07, 6.45) is 1.19. The Labute approximate surface area is 92.1 Å². The molecule has 0 spiro atoms. The van der Waals surface area contributed by atoms with E-state index in [4.69, 9.17) is 5.73 Å². The number of hydrogen-bond donors (Lipinski definition) is 1. The van der Waals surface area contributed by atoms with Gasteiger partial charge in [-0.1, -0.05) is 18.2 Å². The first-order chi connectivity index (χ1) is 7.66. The van der Waals surface area contributed by atoms with Crippen LogP contribution in [0.1, 0.15) is 16.8 Å². The molecule has 1 heterocycles. The molecule has 0 saturated carbocycles. The number of benzene rings is 1. The van der Waals surface area contributed by atoms with Gasteiger partial charge in [0.2, 0.25) is 5.91 Å². The second-order valence-corrected chi connectivity index (χ2v) is 3.48. The van der Waals surface area contributed by atoms with Crippen molar-refractivity contribution in [1.29, 1.82) is 0 Å². The van der Waals surface area contributed by atoms with Crippen molar-refractivity contribution in [2.75, 3.05) is 0 Å². The van der Waals surface area contributed by atoms with Gasteiger partial charge >= 0.3 is 0 Å². The lowest BCUT2D eigenvalue weighted by Gasteiger charge is -2.00. The van der Waals surface area contributed by atoms with Crippen LogP contribution in [0.3, 0.4) is 0 Å². The number of aromatic nitrogens is 1. The van der Waals surface area contributed by atoms with E-state index in [1.54, 1.807) is 6.07 Å². The quantitative estimate of drug-likeness (QED) is 0.618. The standard InChI is InChI=1S/C12H10N2O2/c13-12(16)6-11(15)9-5-8-3-1-2-4-10(8)14-7-9/h1-5,7H,6H2,(H2,13,16). The molecule has 1 aromatic carbocycles. The number of nitrogens with two attached hydrogens (primary N) is 1. The van der Waals surface area contributed by atoms with Crippen LogP contribution in [0.5, 0.6) is 0 Å². The van der Waals surface area contributed by atoms with Crippen molar-refractivity contribution >= 4 is 22.6 Å². The van der Waals surface area contributed by atoms with E-state index < -0.39 is 5.91 Å². The summed E-state index contributed by atoms with van der Waals surface area (Å²) in [5.41, 5.74) is 6.20. The van der Waals surface area contributed by atoms with Crippen molar-refractivity contribution in [2.45, 2.75) is 6.42 Å². The first kappa shape index (κ1) is 10.3. The first-order valence-electron chi connectivity index (χ1n) is 4.83. The van der Waals surface area contributed by atoms with Gasteiger partial charge in [-0.2, -0.15) is 0 Å². The minimum Gasteiger partial charge on any atom is -0.369 e. The predicted molar refractivity (Wildman–Crippen MR) is 59.9 cm³/mol. The van der Waals surface area contributed by atoms with Gasteiger partial charge in [-0.05, 0) is 12.1 Å². The molecule has 2 rings (SSSR count). The normalized spacial score (nSPS) is 10.2. The van der Waals surface area contributed by atoms with Crippen LogP contribution in [0.2, 0.25) is 0 Å². The van der Waals surface area contributed by atoms with Crippen LogP contribution in [0.15, 0.2) is 36.5 Å². The zero-order valence-electron chi connectivity index (χ0n) is 8.51. The molecule has 0 aliphatic rings. The van der Waals surface area contributed by atoms with Crippen LogP contribution in [0.25, 0.3) is 10.9 Å². The fraction of sp³-hybridized carbons (Fsp3) is 0.0833. The number of nitrogens with zero attached hydrogens (tertiary/aromatic N) is 1. The molecule has 80 valence electrons. The van der Waals surface area contributed by atoms with Gasteiger partial charge in [-0.15, -0.1) is 0 Å². The SMILES string of the molecule is NC(=O)CC(=O)c1cnc2ccccc2c1. The van der Waals surface area contributed by atoms with Gasteiger partial charge in [0, 0.05) is 17.1 Å². The molecule has 0 aliphatic carbocycles. The Hall–Kier alpha value is -2.23. The second kappa shape index (κ2) is 4.10. The number of ketones is 1. The van der Waals surface area contributed by atoms with Gasteiger partial charge in [-0.25, -0.2) is 0 Å². The molecule has 0 radical (unpaired) electrons. The fourth-order valence-corrected chi connectivity index (χ4v) is 1.48. The van der Waals surface area contributed by atoms with E-state index in [0.29, 0.717) is 5.56 Å². The summed E-state index contributed by atoms with van der Waals surface area (Å²) in [6, 6.07) is 9.18. The molecular weight excluding hydrogens is 204 g/mol. The highest BCUT2D eigenvalue weighted by Crippen LogP contribution is 2.13. The van der Waals surface area contributed by atoms with Crippen molar-refractivity contribution < 1.29 is 9.59 Å². The number of amides is 1. The first-order valence-corrected chi connectivity index (χ1v) is 4.83. The number of Topliss-reactive ketones (excluding diaryl/α,β-unsaturated/α-hetero) is 1. The van der Waals surface area contributed by atoms with Crippen LogP contribution in [-0.2, 0) is 4.79 Å². The molecule has 0 saturated heterocycles. The molecule has 2 aromatic rings. The molecule has 1 amide bonds. The van der Waals surface area contributed by atoms with E-state index in [9.17, 15) is 9.59 Å². The van der Waals surface area contributed by atoms with Crippen molar-refractivity contribution in [2.24, 2.45) is 5.73 Å². The summed E-state index contributed by atoms with van der Waals surface area (Å²) in [5, 5.41) is 0.873. The molecular formula is C12H10N2O2. The number of primary amides is 1. The summed E-state index contributed by atoms with van der Waals surface area (Å²) in [7, 11) is 0. The number of hydrogen-bond acceptors (Lipinski definition) is 3. The van der Waals surface area contributed by atoms with Gasteiger partial charge in [0.1, 0.15) is 0 Å². The predicted octanol–water partition coefficient (Wildman–Crippen LogP) is 1.29. The van der Waals surface area contributed by atoms with E-state index in [1.807, 2.05) is 24.3 Å². The van der Waals surface area contributed by atoms with Crippen molar-refractivity contribution in [3.63, 3.8) is 0 Å². The van der Waals surface area contributed by atoms with Crippen LogP contribution in [0, 0.1) is 0 Å². The maximum Gasteiger partial charge on any atom is 0.225 e. The van der Waals surface area contributed by atoms with E-state index >= 15 is 0 Å². The van der Waals surface area contributed by atoms with Crippen molar-refractivity contribution in [3.8, 4) is 0 Å². The molecule has 2 N–H and O–H groups in total. The summed E-state index contributed by atoms with van der Waals surface area (Å²) in [6.45, 7) is 0. The Bertz CT molecular complexity index is 564. The molecule has 1 aromatic heterocycles. The average molecular weight is 214 g/mol. The van der Waals surface area contributed by atoms with Crippen molar-refractivity contribution in [3.05, 3.63) is 42.1 Å². The Balaban J connectivity index is 2.39. The molecule has 16 heavy (non-hydrogen) atoms. The number of fused-ring (bicyclic) bond motifs is 1. The molecule has 0 fully saturated rings. The minimum absolute atomic E-state index is 0.278. The number of pyridine rings is 1. The summed E-state index contributed by atoms with van der Waals surface area (Å²) in [5.74, 6) is -0.927. The lowest BCUT2D eigenvalue weighted by atomic mass is 10.1. The third kappa shape index (κ3) is 2.06. The zero-order valence-corrected chi connectivity index (χ0v) is 8.51. The molecule has 4 heteroatoms. The maximum absolute atomic E-state index is 11.6. The Morgan fingerprint density at radius 1 is 1.25 bits per heavy atom. The van der Waals surface area contributed by atoms with E-state index in [2.05, 4.69) is 4.98 Å². The largest absolute Gasteiger partial charge is 0.369 e. The highest BCUT2D eigenvalue weighted by atomic mass is 16.2. The van der Waals surface area contributed by atoms with Gasteiger partial charge in [0.25, 0.3) is 0 Å². The molecule has 0 aliphatic heterocycles. The lowest BCUT2D eigenvalue weighted by Crippen LogP contribution is -2.16. The third-order valence-corrected chi connectivity index (χ3v) is 2.25. The minimum atomic E-state index is -0.627.